The van der Waals surface area contributed by atoms with Crippen molar-refractivity contribution in [3.05, 3.63) is 0 Å². The number of hydrogen-bond acceptors (Lipinski definition) is 4. The van der Waals surface area contributed by atoms with E-state index in [-0.39, 0.29) is 37.2 Å². The summed E-state index contributed by atoms with van der Waals surface area (Å²) in [6.07, 6.45) is 3.31. The summed E-state index contributed by atoms with van der Waals surface area (Å²) < 4.78 is 5.12. The predicted molar refractivity (Wildman–Crippen MR) is 58.4 cm³/mol. The lowest BCUT2D eigenvalue weighted by molar-refractivity contribution is -0.149. The van der Waals surface area contributed by atoms with Crippen LogP contribution in [0.1, 0.15) is 46.0 Å². The minimum absolute atomic E-state index is 0.00132. The standard InChI is InChI=1S/C11H21NO3/c1-3-4-5-9(2)15-11(14)7-6-10(13)8-12/h9H,3-8,12H2,1-2H3. The van der Waals surface area contributed by atoms with E-state index in [1.165, 1.54) is 0 Å². The lowest BCUT2D eigenvalue weighted by Gasteiger charge is -2.12. The van der Waals surface area contributed by atoms with Gasteiger partial charge in [0.1, 0.15) is 5.78 Å². The van der Waals surface area contributed by atoms with Gasteiger partial charge < -0.3 is 10.5 Å². The molecule has 0 spiro atoms. The highest BCUT2D eigenvalue weighted by Crippen LogP contribution is 2.06. The normalized spacial score (nSPS) is 12.2. The van der Waals surface area contributed by atoms with Crippen molar-refractivity contribution in [1.82, 2.24) is 0 Å². The maximum atomic E-state index is 11.2. The summed E-state index contributed by atoms with van der Waals surface area (Å²) in [7, 11) is 0. The molecule has 0 rings (SSSR count). The van der Waals surface area contributed by atoms with Crippen molar-refractivity contribution in [3.8, 4) is 0 Å². The van der Waals surface area contributed by atoms with Crippen LogP contribution in [-0.2, 0) is 14.3 Å². The first kappa shape index (κ1) is 14.1. The van der Waals surface area contributed by atoms with Crippen LogP contribution in [0.4, 0.5) is 0 Å². The minimum Gasteiger partial charge on any atom is -0.463 e. The van der Waals surface area contributed by atoms with E-state index in [2.05, 4.69) is 6.92 Å². The molecule has 4 heteroatoms. The van der Waals surface area contributed by atoms with Crippen molar-refractivity contribution in [2.45, 2.75) is 52.1 Å². The number of rotatable bonds is 8. The Morgan fingerprint density at radius 3 is 2.53 bits per heavy atom. The number of unbranched alkanes of at least 4 members (excludes halogenated alkanes) is 1. The largest absolute Gasteiger partial charge is 0.463 e. The average Bonchev–Trinajstić information content (AvgIpc) is 2.22. The zero-order valence-corrected chi connectivity index (χ0v) is 9.62. The van der Waals surface area contributed by atoms with Gasteiger partial charge in [-0.1, -0.05) is 19.8 Å². The maximum absolute atomic E-state index is 11.2. The summed E-state index contributed by atoms with van der Waals surface area (Å²) in [5, 5.41) is 0. The predicted octanol–water partition coefficient (Wildman–Crippen LogP) is 1.42. The van der Waals surface area contributed by atoms with Gasteiger partial charge in [0.05, 0.1) is 19.1 Å². The first-order chi connectivity index (χ1) is 7.10. The van der Waals surface area contributed by atoms with Crippen molar-refractivity contribution in [1.29, 1.82) is 0 Å². The lowest BCUT2D eigenvalue weighted by Crippen LogP contribution is -2.18. The molecule has 0 bridgehead atoms. The molecular formula is C11H21NO3. The smallest absolute Gasteiger partial charge is 0.306 e. The molecule has 0 saturated carbocycles. The number of esters is 1. The van der Waals surface area contributed by atoms with Crippen LogP contribution in [0.5, 0.6) is 0 Å². The molecule has 0 saturated heterocycles. The summed E-state index contributed by atoms with van der Waals surface area (Å²) >= 11 is 0. The molecule has 0 amide bonds. The van der Waals surface area contributed by atoms with Gasteiger partial charge in [-0.3, -0.25) is 9.59 Å². The highest BCUT2D eigenvalue weighted by molar-refractivity contribution is 5.84. The van der Waals surface area contributed by atoms with Crippen LogP contribution in [0.25, 0.3) is 0 Å². The molecule has 0 heterocycles. The molecule has 0 aromatic carbocycles. The van der Waals surface area contributed by atoms with E-state index in [0.29, 0.717) is 0 Å². The van der Waals surface area contributed by atoms with Crippen LogP contribution in [0, 0.1) is 0 Å². The highest BCUT2D eigenvalue weighted by Gasteiger charge is 2.10. The number of ketones is 1. The number of nitrogens with two attached hydrogens (primary N) is 1. The van der Waals surface area contributed by atoms with Gasteiger partial charge in [0.25, 0.3) is 0 Å². The number of carbonyl (C=O) groups is 2. The Bertz CT molecular complexity index is 204. The molecule has 1 unspecified atom stereocenters. The Balaban J connectivity index is 3.59. The van der Waals surface area contributed by atoms with E-state index in [0.717, 1.165) is 19.3 Å². The van der Waals surface area contributed by atoms with Crippen LogP contribution < -0.4 is 5.73 Å². The summed E-state index contributed by atoms with van der Waals surface area (Å²) in [6, 6.07) is 0. The molecule has 0 aliphatic heterocycles. The Morgan fingerprint density at radius 2 is 2.00 bits per heavy atom. The summed E-state index contributed by atoms with van der Waals surface area (Å²) in [6.45, 7) is 3.96. The fraction of sp³-hybridized carbons (Fsp3) is 0.818. The van der Waals surface area contributed by atoms with Crippen LogP contribution >= 0.6 is 0 Å². The minimum atomic E-state index is -0.305. The molecule has 0 fully saturated rings. The van der Waals surface area contributed by atoms with Crippen LogP contribution in [0.15, 0.2) is 0 Å². The molecule has 1 atom stereocenters. The Hall–Kier alpha value is -0.900. The van der Waals surface area contributed by atoms with Crippen LogP contribution in [0.2, 0.25) is 0 Å². The zero-order valence-electron chi connectivity index (χ0n) is 9.62. The maximum Gasteiger partial charge on any atom is 0.306 e. The fourth-order valence-corrected chi connectivity index (χ4v) is 1.18. The molecule has 0 aromatic rings. The summed E-state index contributed by atoms with van der Waals surface area (Å²) in [5.74, 6) is -0.409. The van der Waals surface area contributed by atoms with Crippen LogP contribution in [-0.4, -0.2) is 24.4 Å². The van der Waals surface area contributed by atoms with E-state index in [1.807, 2.05) is 6.92 Å². The van der Waals surface area contributed by atoms with E-state index in [9.17, 15) is 9.59 Å². The summed E-state index contributed by atoms with van der Waals surface area (Å²) in [5.41, 5.74) is 5.12. The molecule has 4 nitrogen and oxygen atoms in total. The van der Waals surface area contributed by atoms with Gasteiger partial charge in [0.2, 0.25) is 0 Å². The molecular weight excluding hydrogens is 194 g/mol. The Kier molecular flexibility index (Phi) is 7.91. The van der Waals surface area contributed by atoms with Crippen molar-refractivity contribution >= 4 is 11.8 Å². The molecule has 15 heavy (non-hydrogen) atoms. The van der Waals surface area contributed by atoms with E-state index >= 15 is 0 Å². The van der Waals surface area contributed by atoms with Gasteiger partial charge >= 0.3 is 5.97 Å². The number of carbonyl (C=O) groups excluding carboxylic acids is 2. The van der Waals surface area contributed by atoms with Gasteiger partial charge in [0.15, 0.2) is 0 Å². The second-order valence-electron chi connectivity index (χ2n) is 3.69. The second kappa shape index (κ2) is 8.41. The molecule has 88 valence electrons. The number of ether oxygens (including phenoxy) is 1. The van der Waals surface area contributed by atoms with E-state index in [1.54, 1.807) is 0 Å². The third-order valence-corrected chi connectivity index (χ3v) is 2.13. The molecule has 2 N–H and O–H groups in total. The van der Waals surface area contributed by atoms with Gasteiger partial charge in [-0.05, 0) is 13.3 Å². The number of hydrogen-bond donors (Lipinski definition) is 1. The second-order valence-corrected chi connectivity index (χ2v) is 3.69. The highest BCUT2D eigenvalue weighted by atomic mass is 16.5. The third-order valence-electron chi connectivity index (χ3n) is 2.13. The van der Waals surface area contributed by atoms with E-state index < -0.39 is 0 Å². The van der Waals surface area contributed by atoms with Crippen molar-refractivity contribution < 1.29 is 14.3 Å². The van der Waals surface area contributed by atoms with Gasteiger partial charge in [-0.2, -0.15) is 0 Å². The Morgan fingerprint density at radius 1 is 1.33 bits per heavy atom. The zero-order chi connectivity index (χ0) is 11.7. The van der Waals surface area contributed by atoms with Crippen molar-refractivity contribution in [2.24, 2.45) is 5.73 Å². The molecule has 0 aromatic heterocycles. The quantitative estimate of drug-likeness (QED) is 0.622. The van der Waals surface area contributed by atoms with Gasteiger partial charge in [-0.25, -0.2) is 0 Å². The topological polar surface area (TPSA) is 69.4 Å². The van der Waals surface area contributed by atoms with Crippen molar-refractivity contribution in [2.75, 3.05) is 6.54 Å². The third kappa shape index (κ3) is 8.12. The molecule has 0 aliphatic carbocycles. The SMILES string of the molecule is CCCCC(C)OC(=O)CCC(=O)CN. The molecule has 0 radical (unpaired) electrons. The average molecular weight is 215 g/mol. The van der Waals surface area contributed by atoms with Crippen LogP contribution in [0.3, 0.4) is 0 Å². The monoisotopic (exact) mass is 215 g/mol. The van der Waals surface area contributed by atoms with Gasteiger partial charge in [-0.15, -0.1) is 0 Å². The first-order valence-electron chi connectivity index (χ1n) is 5.51. The summed E-state index contributed by atoms with van der Waals surface area (Å²) in [4.78, 5) is 22.1. The van der Waals surface area contributed by atoms with Gasteiger partial charge in [0, 0.05) is 6.42 Å². The Labute approximate surface area is 91.2 Å². The van der Waals surface area contributed by atoms with E-state index in [4.69, 9.17) is 10.5 Å². The fourth-order valence-electron chi connectivity index (χ4n) is 1.18. The number of Topliss-reactive ketones (excluding diaryl/α,β-unsaturated/α-hetero) is 1. The first-order valence-corrected chi connectivity index (χ1v) is 5.51. The van der Waals surface area contributed by atoms with Crippen molar-refractivity contribution in [3.63, 3.8) is 0 Å². The lowest BCUT2D eigenvalue weighted by atomic mass is 10.2. The molecule has 0 aliphatic rings.